The lowest BCUT2D eigenvalue weighted by molar-refractivity contribution is -0.122. The van der Waals surface area contributed by atoms with Crippen LogP contribution in [0.15, 0.2) is 21.2 Å². The Morgan fingerprint density at radius 1 is 1.21 bits per heavy atom. The summed E-state index contributed by atoms with van der Waals surface area (Å²) in [5.41, 5.74) is 0.780. The number of fused-ring (bicyclic) bond motifs is 1. The number of carbonyl (C=O) groups excluding carboxylic acids is 1. The van der Waals surface area contributed by atoms with E-state index in [0.29, 0.717) is 30.4 Å². The Bertz CT molecular complexity index is 627. The molecule has 1 atom stereocenters. The molecule has 0 aliphatic carbocycles. The Morgan fingerprint density at radius 2 is 2.05 bits per heavy atom. The van der Waals surface area contributed by atoms with Gasteiger partial charge in [0.15, 0.2) is 0 Å². The molecule has 2 aliphatic rings. The maximum absolute atomic E-state index is 11.4. The van der Waals surface area contributed by atoms with Gasteiger partial charge in [-0.25, -0.2) is 4.79 Å². The van der Waals surface area contributed by atoms with Crippen LogP contribution in [0.1, 0.15) is 25.0 Å². The number of hydrogen-bond donors (Lipinski definition) is 2. The zero-order chi connectivity index (χ0) is 13.4. The second kappa shape index (κ2) is 4.62. The van der Waals surface area contributed by atoms with E-state index < -0.39 is 11.2 Å². The molecule has 0 bridgehead atoms. The molecular weight excluding hydrogens is 246 g/mol. The minimum absolute atomic E-state index is 0.293. The van der Waals surface area contributed by atoms with E-state index in [4.69, 9.17) is 0 Å². The third kappa shape index (κ3) is 2.58. The van der Waals surface area contributed by atoms with E-state index >= 15 is 0 Å². The molecule has 3 rings (SSSR count). The van der Waals surface area contributed by atoms with Crippen LogP contribution in [0.3, 0.4) is 0 Å². The summed E-state index contributed by atoms with van der Waals surface area (Å²) in [7, 11) is 0. The molecule has 2 N–H and O–H groups in total. The number of H-pyrrole nitrogens is 2. The molecule has 0 amide bonds. The van der Waals surface area contributed by atoms with Crippen molar-refractivity contribution in [2.24, 2.45) is 0 Å². The Morgan fingerprint density at radius 3 is 2.84 bits per heavy atom. The highest BCUT2D eigenvalue weighted by Gasteiger charge is 2.32. The molecule has 0 spiro atoms. The van der Waals surface area contributed by atoms with Crippen molar-refractivity contribution in [3.8, 4) is 0 Å². The van der Waals surface area contributed by atoms with Crippen molar-refractivity contribution in [2.75, 3.05) is 13.1 Å². The fraction of sp³-hybridized carbons (Fsp3) is 0.462. The van der Waals surface area contributed by atoms with Crippen molar-refractivity contribution < 1.29 is 4.79 Å². The van der Waals surface area contributed by atoms with Gasteiger partial charge in [-0.3, -0.25) is 19.5 Å². The third-order valence-corrected chi connectivity index (χ3v) is 3.70. The Labute approximate surface area is 109 Å². The van der Waals surface area contributed by atoms with E-state index in [1.807, 2.05) is 6.08 Å². The van der Waals surface area contributed by atoms with Crippen molar-refractivity contribution >= 4 is 11.9 Å². The predicted octanol–water partition coefficient (Wildman–Crippen LogP) is -0.116. The van der Waals surface area contributed by atoms with E-state index in [1.54, 1.807) is 0 Å². The first-order valence-electron chi connectivity index (χ1n) is 6.39. The van der Waals surface area contributed by atoms with Crippen LogP contribution in [-0.2, 0) is 4.79 Å². The number of aromatic amines is 2. The van der Waals surface area contributed by atoms with Gasteiger partial charge in [0, 0.05) is 43.7 Å². The van der Waals surface area contributed by atoms with Crippen molar-refractivity contribution in [2.45, 2.75) is 25.3 Å². The van der Waals surface area contributed by atoms with Gasteiger partial charge in [0.25, 0.3) is 5.56 Å². The van der Waals surface area contributed by atoms with Crippen LogP contribution in [0.2, 0.25) is 0 Å². The normalized spacial score (nSPS) is 25.8. The Hall–Kier alpha value is -1.95. The topological polar surface area (TPSA) is 86.0 Å². The smallest absolute Gasteiger partial charge is 0.307 e. The molecular formula is C13H15N3O3. The molecule has 3 heterocycles. The fourth-order valence-electron chi connectivity index (χ4n) is 2.87. The summed E-state index contributed by atoms with van der Waals surface area (Å²) in [5, 5.41) is 0. The molecule has 100 valence electrons. The van der Waals surface area contributed by atoms with Gasteiger partial charge in [0.05, 0.1) is 0 Å². The number of aromatic nitrogens is 2. The van der Waals surface area contributed by atoms with E-state index in [2.05, 4.69) is 14.9 Å². The van der Waals surface area contributed by atoms with E-state index in [-0.39, 0.29) is 0 Å². The molecule has 1 aromatic rings. The van der Waals surface area contributed by atoms with E-state index in [0.717, 1.165) is 25.1 Å². The second-order valence-electron chi connectivity index (χ2n) is 5.17. The lowest BCUT2D eigenvalue weighted by Gasteiger charge is -2.27. The average Bonchev–Trinajstić information content (AvgIpc) is 2.68. The van der Waals surface area contributed by atoms with Crippen molar-refractivity contribution in [3.63, 3.8) is 0 Å². The van der Waals surface area contributed by atoms with Crippen LogP contribution >= 0.6 is 0 Å². The summed E-state index contributed by atoms with van der Waals surface area (Å²) in [6.07, 6.45) is 3.93. The highest BCUT2D eigenvalue weighted by molar-refractivity contribution is 5.80. The Kier molecular flexibility index (Phi) is 2.94. The minimum atomic E-state index is -0.495. The summed E-state index contributed by atoms with van der Waals surface area (Å²) in [5.74, 6) is 0.326. The van der Waals surface area contributed by atoms with Gasteiger partial charge in [0.1, 0.15) is 5.78 Å². The number of hydrogen-bond acceptors (Lipinski definition) is 4. The van der Waals surface area contributed by atoms with Crippen LogP contribution in [0.5, 0.6) is 0 Å². The molecule has 6 heteroatoms. The lowest BCUT2D eigenvalue weighted by Crippen LogP contribution is -2.37. The fourth-order valence-corrected chi connectivity index (χ4v) is 2.87. The number of nitrogens with zero attached hydrogens (tertiary/aromatic N) is 1. The molecule has 0 aromatic carbocycles. The molecule has 0 saturated carbocycles. The maximum Gasteiger partial charge on any atom is 0.326 e. The van der Waals surface area contributed by atoms with Crippen LogP contribution in [-0.4, -0.2) is 39.8 Å². The molecule has 19 heavy (non-hydrogen) atoms. The lowest BCUT2D eigenvalue weighted by atomic mass is 10.0. The van der Waals surface area contributed by atoms with E-state index in [9.17, 15) is 14.4 Å². The summed E-state index contributed by atoms with van der Waals surface area (Å²) in [6.45, 7) is 1.62. The van der Waals surface area contributed by atoms with Gasteiger partial charge < -0.3 is 4.98 Å². The highest BCUT2D eigenvalue weighted by Crippen LogP contribution is 2.29. The van der Waals surface area contributed by atoms with Crippen LogP contribution in [0, 0.1) is 0 Å². The van der Waals surface area contributed by atoms with Crippen molar-refractivity contribution in [1.82, 2.24) is 14.9 Å². The molecule has 0 unspecified atom stereocenters. The third-order valence-electron chi connectivity index (χ3n) is 3.70. The summed E-state index contributed by atoms with van der Waals surface area (Å²) < 4.78 is 0. The largest absolute Gasteiger partial charge is 0.326 e. The van der Waals surface area contributed by atoms with Crippen LogP contribution < -0.4 is 11.2 Å². The first-order chi connectivity index (χ1) is 9.10. The SMILES string of the molecule is O=C1CCN2CC(=Cc3cc(=O)[nH]c(=O)[nH]3)C[C@H]2C1. The van der Waals surface area contributed by atoms with Crippen molar-refractivity contribution in [3.05, 3.63) is 38.2 Å². The zero-order valence-corrected chi connectivity index (χ0v) is 10.4. The predicted molar refractivity (Wildman–Crippen MR) is 69.9 cm³/mol. The number of Topliss-reactive ketones (excluding diaryl/α,β-unsaturated/α-hetero) is 1. The summed E-state index contributed by atoms with van der Waals surface area (Å²) in [6, 6.07) is 1.66. The standard InChI is InChI=1S/C13H15N3O3/c17-11-1-2-16-7-8(4-10(16)6-11)3-9-5-12(18)15-13(19)14-9/h3,5,10H,1-2,4,6-7H2,(H2,14,15,18,19)/t10-/m0/s1. The first-order valence-corrected chi connectivity index (χ1v) is 6.39. The quantitative estimate of drug-likeness (QED) is 0.738. The van der Waals surface area contributed by atoms with Gasteiger partial charge in [-0.2, -0.15) is 0 Å². The first kappa shape index (κ1) is 12.1. The average molecular weight is 261 g/mol. The van der Waals surface area contributed by atoms with Gasteiger partial charge in [-0.1, -0.05) is 5.57 Å². The number of carbonyl (C=O) groups is 1. The minimum Gasteiger partial charge on any atom is -0.307 e. The van der Waals surface area contributed by atoms with Gasteiger partial charge in [-0.05, 0) is 12.5 Å². The summed E-state index contributed by atoms with van der Waals surface area (Å²) in [4.78, 5) is 40.8. The molecule has 6 nitrogen and oxygen atoms in total. The van der Waals surface area contributed by atoms with E-state index in [1.165, 1.54) is 6.07 Å². The molecule has 0 radical (unpaired) electrons. The number of piperidine rings is 1. The summed E-state index contributed by atoms with van der Waals surface area (Å²) >= 11 is 0. The number of nitrogens with one attached hydrogen (secondary N) is 2. The number of rotatable bonds is 1. The molecule has 1 aromatic heterocycles. The molecule has 2 saturated heterocycles. The monoisotopic (exact) mass is 261 g/mol. The molecule has 2 aliphatic heterocycles. The highest BCUT2D eigenvalue weighted by atomic mass is 16.2. The zero-order valence-electron chi connectivity index (χ0n) is 10.4. The van der Waals surface area contributed by atoms with Gasteiger partial charge >= 0.3 is 5.69 Å². The maximum atomic E-state index is 11.4. The Balaban J connectivity index is 1.83. The van der Waals surface area contributed by atoms with Crippen LogP contribution in [0.4, 0.5) is 0 Å². The molecule has 2 fully saturated rings. The second-order valence-corrected chi connectivity index (χ2v) is 5.17. The van der Waals surface area contributed by atoms with Crippen molar-refractivity contribution in [1.29, 1.82) is 0 Å². The van der Waals surface area contributed by atoms with Gasteiger partial charge in [-0.15, -0.1) is 0 Å². The van der Waals surface area contributed by atoms with Crippen LogP contribution in [0.25, 0.3) is 6.08 Å². The van der Waals surface area contributed by atoms with Gasteiger partial charge in [0.2, 0.25) is 0 Å². The number of ketones is 1.